The fraction of sp³-hybridized carbons (Fsp3) is 0.538. The predicted octanol–water partition coefficient (Wildman–Crippen LogP) is 2.37. The van der Waals surface area contributed by atoms with Gasteiger partial charge in [0.05, 0.1) is 28.1 Å². The first-order valence-electron chi connectivity index (χ1n) is 6.60. The minimum absolute atomic E-state index is 0.180. The first-order valence-corrected chi connectivity index (χ1v) is 6.60. The molecule has 0 unspecified atom stereocenters. The highest BCUT2D eigenvalue weighted by Gasteiger charge is 2.54. The van der Waals surface area contributed by atoms with Gasteiger partial charge in [-0.2, -0.15) is 0 Å². The molecule has 1 aromatic rings. The molecule has 0 radical (unpaired) electrons. The molecule has 1 saturated heterocycles. The van der Waals surface area contributed by atoms with Crippen LogP contribution in [0, 0.1) is 15.9 Å². The van der Waals surface area contributed by atoms with Gasteiger partial charge in [0.2, 0.25) is 0 Å². The van der Waals surface area contributed by atoms with Gasteiger partial charge in [0.25, 0.3) is 5.69 Å². The fourth-order valence-corrected chi connectivity index (χ4v) is 2.14. The van der Waals surface area contributed by atoms with Crippen molar-refractivity contribution < 1.29 is 18.6 Å². The Labute approximate surface area is 122 Å². The molecular weight excluding hydrogens is 278 g/mol. The molecule has 0 saturated carbocycles. The summed E-state index contributed by atoms with van der Waals surface area (Å²) < 4.78 is 24.7. The molecule has 6 nitrogen and oxygen atoms in total. The van der Waals surface area contributed by atoms with Gasteiger partial charge in [0.1, 0.15) is 5.82 Å². The summed E-state index contributed by atoms with van der Waals surface area (Å²) in [5, 5.41) is 11.0. The van der Waals surface area contributed by atoms with E-state index in [2.05, 4.69) is 0 Å². The van der Waals surface area contributed by atoms with Crippen LogP contribution in [0.25, 0.3) is 0 Å². The van der Waals surface area contributed by atoms with Gasteiger partial charge in [-0.25, -0.2) is 4.39 Å². The number of hydrogen-bond acceptors (Lipinski definition) is 5. The first-order chi connectivity index (χ1) is 9.55. The Morgan fingerprint density at radius 2 is 1.81 bits per heavy atom. The molecule has 1 fully saturated rings. The topological polar surface area (TPSA) is 87.6 Å². The van der Waals surface area contributed by atoms with Crippen molar-refractivity contribution in [3.05, 3.63) is 39.7 Å². The van der Waals surface area contributed by atoms with Crippen molar-refractivity contribution in [2.45, 2.75) is 44.8 Å². The Morgan fingerprint density at radius 3 is 2.29 bits per heavy atom. The average molecular weight is 296 g/mol. The molecule has 8 heteroatoms. The summed E-state index contributed by atoms with van der Waals surface area (Å²) >= 11 is 0. The van der Waals surface area contributed by atoms with Crippen LogP contribution in [0.2, 0.25) is 0 Å². The van der Waals surface area contributed by atoms with Gasteiger partial charge in [0, 0.05) is 5.56 Å². The lowest BCUT2D eigenvalue weighted by Gasteiger charge is -2.32. The van der Waals surface area contributed by atoms with E-state index in [4.69, 9.17) is 15.0 Å². The molecule has 0 aromatic heterocycles. The van der Waals surface area contributed by atoms with Crippen molar-refractivity contribution in [3.63, 3.8) is 0 Å². The van der Waals surface area contributed by atoms with Crippen LogP contribution in [0.5, 0.6) is 0 Å². The Morgan fingerprint density at radius 1 is 1.29 bits per heavy atom. The SMILES string of the molecule is CC1(C)OB([C@H](N)c2ccc(F)cc2[N+](=O)[O-])OC1(C)C. The van der Waals surface area contributed by atoms with E-state index < -0.39 is 35.0 Å². The van der Waals surface area contributed by atoms with Crippen LogP contribution in [0.1, 0.15) is 39.2 Å². The van der Waals surface area contributed by atoms with Crippen molar-refractivity contribution in [2.75, 3.05) is 0 Å². The summed E-state index contributed by atoms with van der Waals surface area (Å²) in [6.45, 7) is 7.44. The van der Waals surface area contributed by atoms with Crippen LogP contribution in [0.15, 0.2) is 18.2 Å². The highest BCUT2D eigenvalue weighted by Crippen LogP contribution is 2.40. The molecular formula is C13H18BFN2O4. The second kappa shape index (κ2) is 5.05. The molecule has 0 spiro atoms. The van der Waals surface area contributed by atoms with Crippen molar-refractivity contribution in [1.29, 1.82) is 0 Å². The average Bonchev–Trinajstić information content (AvgIpc) is 2.57. The van der Waals surface area contributed by atoms with Crippen LogP contribution < -0.4 is 5.73 Å². The molecule has 0 aliphatic carbocycles. The molecule has 1 heterocycles. The minimum atomic E-state index is -0.882. The number of nitro groups is 1. The standard InChI is InChI=1S/C13H18BFN2O4/c1-12(2)13(3,4)21-14(20-12)11(16)9-6-5-8(15)7-10(9)17(18)19/h5-7,11H,16H2,1-4H3/t11-/m1/s1. The van der Waals surface area contributed by atoms with E-state index in [1.807, 2.05) is 27.7 Å². The van der Waals surface area contributed by atoms with E-state index in [9.17, 15) is 14.5 Å². The van der Waals surface area contributed by atoms with Crippen LogP contribution in [0.3, 0.4) is 0 Å². The smallest absolute Gasteiger partial charge is 0.402 e. The Bertz CT molecular complexity index is 563. The fourth-order valence-electron chi connectivity index (χ4n) is 2.14. The number of halogens is 1. The molecule has 0 amide bonds. The zero-order chi connectivity index (χ0) is 16.0. The summed E-state index contributed by atoms with van der Waals surface area (Å²) in [6.07, 6.45) is 0. The second-order valence-electron chi connectivity index (χ2n) is 6.11. The summed E-state index contributed by atoms with van der Waals surface area (Å²) in [5.74, 6) is -1.57. The number of nitro benzene ring substituents is 1. The number of rotatable bonds is 3. The third-order valence-corrected chi connectivity index (χ3v) is 4.11. The van der Waals surface area contributed by atoms with Gasteiger partial charge in [-0.15, -0.1) is 0 Å². The quantitative estimate of drug-likeness (QED) is 0.525. The molecule has 1 atom stereocenters. The van der Waals surface area contributed by atoms with E-state index in [1.165, 1.54) is 6.07 Å². The summed E-state index contributed by atoms with van der Waals surface area (Å²) in [4.78, 5) is 10.4. The maximum Gasteiger partial charge on any atom is 0.480 e. The van der Waals surface area contributed by atoms with Gasteiger partial charge >= 0.3 is 7.12 Å². The number of hydrogen-bond donors (Lipinski definition) is 1. The molecule has 21 heavy (non-hydrogen) atoms. The highest BCUT2D eigenvalue weighted by molar-refractivity contribution is 6.47. The van der Waals surface area contributed by atoms with E-state index in [-0.39, 0.29) is 11.3 Å². The third kappa shape index (κ3) is 2.79. The Hall–Kier alpha value is -1.51. The van der Waals surface area contributed by atoms with Crippen molar-refractivity contribution >= 4 is 12.8 Å². The zero-order valence-corrected chi connectivity index (χ0v) is 12.4. The molecule has 2 rings (SSSR count). The number of benzene rings is 1. The maximum absolute atomic E-state index is 13.2. The maximum atomic E-state index is 13.2. The van der Waals surface area contributed by atoms with Gasteiger partial charge in [-0.1, -0.05) is 0 Å². The summed E-state index contributed by atoms with van der Waals surface area (Å²) in [7, 11) is -0.834. The summed E-state index contributed by atoms with van der Waals surface area (Å²) in [6, 6.07) is 3.27. The largest absolute Gasteiger partial charge is 0.480 e. The van der Waals surface area contributed by atoms with Gasteiger partial charge in [0.15, 0.2) is 0 Å². The monoisotopic (exact) mass is 296 g/mol. The van der Waals surface area contributed by atoms with Crippen LogP contribution in [-0.2, 0) is 9.31 Å². The van der Waals surface area contributed by atoms with Crippen molar-refractivity contribution in [2.24, 2.45) is 5.73 Å². The lowest BCUT2D eigenvalue weighted by molar-refractivity contribution is -0.385. The predicted molar refractivity (Wildman–Crippen MR) is 76.1 cm³/mol. The molecule has 0 bridgehead atoms. The number of nitrogens with two attached hydrogens (primary N) is 1. The van der Waals surface area contributed by atoms with E-state index in [0.717, 1.165) is 12.1 Å². The molecule has 1 aliphatic rings. The van der Waals surface area contributed by atoms with Gasteiger partial charge in [-0.05, 0) is 39.8 Å². The van der Waals surface area contributed by atoms with Gasteiger partial charge in [-0.3, -0.25) is 10.1 Å². The van der Waals surface area contributed by atoms with Crippen molar-refractivity contribution in [3.8, 4) is 0 Å². The molecule has 1 aromatic carbocycles. The molecule has 2 N–H and O–H groups in total. The first kappa shape index (κ1) is 15.9. The molecule has 114 valence electrons. The normalized spacial score (nSPS) is 21.3. The Kier molecular flexibility index (Phi) is 3.81. The highest BCUT2D eigenvalue weighted by atomic mass is 19.1. The summed E-state index contributed by atoms with van der Waals surface area (Å²) in [5.41, 5.74) is 4.67. The lowest BCUT2D eigenvalue weighted by atomic mass is 9.74. The van der Waals surface area contributed by atoms with Crippen LogP contribution in [0.4, 0.5) is 10.1 Å². The van der Waals surface area contributed by atoms with Crippen molar-refractivity contribution in [1.82, 2.24) is 0 Å². The lowest BCUT2D eigenvalue weighted by Crippen LogP contribution is -2.41. The Balaban J connectivity index is 2.34. The van der Waals surface area contributed by atoms with Gasteiger partial charge < -0.3 is 15.0 Å². The van der Waals surface area contributed by atoms with Crippen LogP contribution >= 0.6 is 0 Å². The molecule has 1 aliphatic heterocycles. The third-order valence-electron chi connectivity index (χ3n) is 4.11. The van der Waals surface area contributed by atoms with E-state index >= 15 is 0 Å². The minimum Gasteiger partial charge on any atom is -0.402 e. The second-order valence-corrected chi connectivity index (χ2v) is 6.11. The van der Waals surface area contributed by atoms with E-state index in [0.29, 0.717) is 0 Å². The van der Waals surface area contributed by atoms with E-state index in [1.54, 1.807) is 0 Å². The number of nitrogens with zero attached hydrogens (tertiary/aromatic N) is 1. The van der Waals surface area contributed by atoms with Crippen LogP contribution in [-0.4, -0.2) is 23.2 Å². The zero-order valence-electron chi connectivity index (χ0n) is 12.4.